The summed E-state index contributed by atoms with van der Waals surface area (Å²) in [5.74, 6) is 5.13. The molecule has 0 heterocycles. The lowest BCUT2D eigenvalue weighted by atomic mass is 10.1. The molecule has 0 atom stereocenters. The average molecular weight is 308 g/mol. The molecular formula is C13H33N3O3Si. The first-order chi connectivity index (χ1) is 9.74. The first-order valence-electron chi connectivity index (χ1n) is 7.85. The van der Waals surface area contributed by atoms with E-state index in [1.807, 2.05) is 20.8 Å². The molecule has 0 unspecified atom stereocenters. The van der Waals surface area contributed by atoms with Crippen molar-refractivity contribution in [3.8, 4) is 0 Å². The van der Waals surface area contributed by atoms with Gasteiger partial charge >= 0.3 is 8.80 Å². The van der Waals surface area contributed by atoms with Crippen LogP contribution in [0.4, 0.5) is 0 Å². The summed E-state index contributed by atoms with van der Waals surface area (Å²) in [7, 11) is -2.42. The fourth-order valence-electron chi connectivity index (χ4n) is 2.16. The largest absolute Gasteiger partial charge is 0.500 e. The normalized spacial score (nSPS) is 12.0. The van der Waals surface area contributed by atoms with Crippen LogP contribution in [0.15, 0.2) is 0 Å². The molecule has 0 amide bonds. The van der Waals surface area contributed by atoms with Crippen molar-refractivity contribution in [1.29, 1.82) is 0 Å². The van der Waals surface area contributed by atoms with Gasteiger partial charge in [-0.15, -0.1) is 0 Å². The van der Waals surface area contributed by atoms with Gasteiger partial charge in [-0.2, -0.15) is 5.53 Å². The number of rotatable bonds is 15. The van der Waals surface area contributed by atoms with E-state index in [9.17, 15) is 0 Å². The minimum absolute atomic E-state index is 0.657. The van der Waals surface area contributed by atoms with E-state index < -0.39 is 8.80 Å². The molecule has 0 radical (unpaired) electrons. The molecule has 0 rings (SSSR count). The van der Waals surface area contributed by atoms with Crippen LogP contribution in [0.3, 0.4) is 0 Å². The van der Waals surface area contributed by atoms with Gasteiger partial charge in [0, 0.05) is 32.4 Å². The number of unbranched alkanes of at least 4 members (excludes halogenated alkanes) is 4. The van der Waals surface area contributed by atoms with Gasteiger partial charge in [0.05, 0.1) is 0 Å². The van der Waals surface area contributed by atoms with Gasteiger partial charge < -0.3 is 13.3 Å². The summed E-state index contributed by atoms with van der Waals surface area (Å²) in [6, 6.07) is 0.922. The van der Waals surface area contributed by atoms with Crippen LogP contribution in [-0.2, 0) is 13.3 Å². The highest BCUT2D eigenvalue weighted by molar-refractivity contribution is 6.60. The summed E-state index contributed by atoms with van der Waals surface area (Å²) in [4.78, 5) is 0. The number of hydrogen-bond donors (Lipinski definition) is 3. The molecule has 20 heavy (non-hydrogen) atoms. The maximum Gasteiger partial charge on any atom is 0.500 e. The van der Waals surface area contributed by atoms with Gasteiger partial charge in [0.25, 0.3) is 0 Å². The predicted octanol–water partition coefficient (Wildman–Crippen LogP) is 1.95. The Bertz CT molecular complexity index is 194. The van der Waals surface area contributed by atoms with E-state index in [0.29, 0.717) is 19.8 Å². The smallest absolute Gasteiger partial charge is 0.374 e. The molecule has 4 N–H and O–H groups in total. The standard InChI is InChI=1S/C13H33N3O3Si/c1-4-17-20(18-5-2,19-6-3)13-11-9-7-8-10-12-15-16-14/h15-16H,4-14H2,1-3H3. The molecule has 0 saturated carbocycles. The van der Waals surface area contributed by atoms with Crippen LogP contribution in [0.2, 0.25) is 6.04 Å². The van der Waals surface area contributed by atoms with Crippen molar-refractivity contribution < 1.29 is 13.3 Å². The van der Waals surface area contributed by atoms with E-state index in [1.165, 1.54) is 19.3 Å². The number of hydrazine groups is 2. The summed E-state index contributed by atoms with van der Waals surface area (Å²) in [6.45, 7) is 8.87. The van der Waals surface area contributed by atoms with Crippen LogP contribution in [0, 0.1) is 0 Å². The van der Waals surface area contributed by atoms with Crippen molar-refractivity contribution in [3.63, 3.8) is 0 Å². The second-order valence-corrected chi connectivity index (χ2v) is 7.30. The molecule has 0 aliphatic heterocycles. The Balaban J connectivity index is 3.82. The monoisotopic (exact) mass is 307 g/mol. The van der Waals surface area contributed by atoms with Crippen LogP contribution in [0.5, 0.6) is 0 Å². The molecule has 0 aliphatic rings. The molecule has 0 spiro atoms. The fourth-order valence-corrected chi connectivity index (χ4v) is 4.84. The van der Waals surface area contributed by atoms with Gasteiger partial charge in [-0.05, 0) is 33.6 Å². The second kappa shape index (κ2) is 13.9. The minimum Gasteiger partial charge on any atom is -0.374 e. The van der Waals surface area contributed by atoms with Crippen LogP contribution in [0.25, 0.3) is 0 Å². The first kappa shape index (κ1) is 20.0. The Labute approximate surface area is 125 Å². The van der Waals surface area contributed by atoms with E-state index in [1.54, 1.807) is 0 Å². The van der Waals surface area contributed by atoms with Crippen LogP contribution in [-0.4, -0.2) is 35.2 Å². The van der Waals surface area contributed by atoms with Crippen molar-refractivity contribution in [2.75, 3.05) is 26.4 Å². The molecule has 0 aromatic rings. The van der Waals surface area contributed by atoms with E-state index in [2.05, 4.69) is 11.0 Å². The van der Waals surface area contributed by atoms with Crippen molar-refractivity contribution in [1.82, 2.24) is 11.0 Å². The van der Waals surface area contributed by atoms with Crippen LogP contribution in [0.1, 0.15) is 52.9 Å². The topological polar surface area (TPSA) is 77.8 Å². The zero-order valence-corrected chi connectivity index (χ0v) is 14.4. The van der Waals surface area contributed by atoms with Crippen molar-refractivity contribution in [2.45, 2.75) is 58.9 Å². The Morgan fingerprint density at radius 2 is 1.30 bits per heavy atom. The Kier molecular flexibility index (Phi) is 13.9. The van der Waals surface area contributed by atoms with Crippen molar-refractivity contribution >= 4 is 8.80 Å². The SMILES string of the molecule is CCO[Si](CCCCCCCNNN)(OCC)OCC. The van der Waals surface area contributed by atoms with E-state index in [4.69, 9.17) is 19.1 Å². The van der Waals surface area contributed by atoms with E-state index in [-0.39, 0.29) is 0 Å². The molecule has 0 aromatic carbocycles. The maximum absolute atomic E-state index is 5.83. The van der Waals surface area contributed by atoms with Gasteiger partial charge in [0.15, 0.2) is 0 Å². The molecule has 0 aromatic heterocycles. The molecule has 0 fully saturated rings. The summed E-state index contributed by atoms with van der Waals surface area (Å²) in [6.07, 6.45) is 5.87. The molecule has 0 saturated heterocycles. The third-order valence-corrected chi connectivity index (χ3v) is 6.13. The Hall–Kier alpha value is -0.0231. The molecule has 6 nitrogen and oxygen atoms in total. The van der Waals surface area contributed by atoms with Crippen LogP contribution < -0.4 is 16.8 Å². The first-order valence-corrected chi connectivity index (χ1v) is 9.78. The highest BCUT2D eigenvalue weighted by atomic mass is 28.4. The zero-order valence-electron chi connectivity index (χ0n) is 13.4. The lowest BCUT2D eigenvalue weighted by molar-refractivity contribution is 0.0706. The highest BCUT2D eigenvalue weighted by Crippen LogP contribution is 2.20. The van der Waals surface area contributed by atoms with E-state index >= 15 is 0 Å². The van der Waals surface area contributed by atoms with Gasteiger partial charge in [-0.3, -0.25) is 5.84 Å². The quantitative estimate of drug-likeness (QED) is 0.186. The minimum atomic E-state index is -2.42. The Morgan fingerprint density at radius 3 is 1.80 bits per heavy atom. The van der Waals surface area contributed by atoms with Gasteiger partial charge in [-0.25, -0.2) is 5.43 Å². The summed E-state index contributed by atoms with van der Waals surface area (Å²) in [5, 5.41) is 0. The predicted molar refractivity (Wildman–Crippen MR) is 83.8 cm³/mol. The van der Waals surface area contributed by atoms with E-state index in [0.717, 1.165) is 25.4 Å². The lowest BCUT2D eigenvalue weighted by Crippen LogP contribution is -2.45. The summed E-state index contributed by atoms with van der Waals surface area (Å²) in [5.41, 5.74) is 5.33. The summed E-state index contributed by atoms with van der Waals surface area (Å²) >= 11 is 0. The number of hydrogen-bond acceptors (Lipinski definition) is 6. The highest BCUT2D eigenvalue weighted by Gasteiger charge is 2.39. The third kappa shape index (κ3) is 9.81. The summed E-state index contributed by atoms with van der Waals surface area (Å²) < 4.78 is 17.5. The van der Waals surface area contributed by atoms with Crippen LogP contribution >= 0.6 is 0 Å². The molecule has 0 bridgehead atoms. The zero-order chi connectivity index (χ0) is 15.1. The van der Waals surface area contributed by atoms with Crippen molar-refractivity contribution in [2.24, 2.45) is 5.84 Å². The van der Waals surface area contributed by atoms with Gasteiger partial charge in [-0.1, -0.05) is 19.3 Å². The number of nitrogens with one attached hydrogen (secondary N) is 2. The molecule has 0 aliphatic carbocycles. The molecule has 7 heteroatoms. The second-order valence-electron chi connectivity index (χ2n) is 4.57. The van der Waals surface area contributed by atoms with Crippen molar-refractivity contribution in [3.05, 3.63) is 0 Å². The van der Waals surface area contributed by atoms with Gasteiger partial charge in [0.2, 0.25) is 0 Å². The lowest BCUT2D eigenvalue weighted by Gasteiger charge is -2.28. The molecule has 122 valence electrons. The molecular weight excluding hydrogens is 274 g/mol. The van der Waals surface area contributed by atoms with Gasteiger partial charge in [0.1, 0.15) is 0 Å². The number of nitrogens with two attached hydrogens (primary N) is 1. The fraction of sp³-hybridized carbons (Fsp3) is 1.00. The maximum atomic E-state index is 5.83. The Morgan fingerprint density at radius 1 is 0.800 bits per heavy atom. The average Bonchev–Trinajstić information content (AvgIpc) is 2.43. The third-order valence-electron chi connectivity index (χ3n) is 2.98.